The second-order valence-electron chi connectivity index (χ2n) is 8.04. The number of hydrogen-bond donors (Lipinski definition) is 4. The molecule has 3 aromatic rings. The summed E-state index contributed by atoms with van der Waals surface area (Å²) < 4.78 is 76.0. The monoisotopic (exact) mass is 653 g/mol. The van der Waals surface area contributed by atoms with Crippen LogP contribution >= 0.6 is 0 Å². The zero-order chi connectivity index (χ0) is 32.8. The number of para-hydroxylation sites is 1. The number of nitrogens with zero attached hydrogens (tertiary/aromatic N) is 5. The van der Waals surface area contributed by atoms with E-state index >= 15 is 0 Å². The van der Waals surface area contributed by atoms with E-state index in [1.165, 1.54) is 12.1 Å². The average Bonchev–Trinajstić information content (AvgIpc) is 2.95. The first kappa shape index (κ1) is 32.9. The number of hydrazone groups is 1. The van der Waals surface area contributed by atoms with Gasteiger partial charge in [0.1, 0.15) is 11.4 Å². The molecule has 0 heterocycles. The van der Waals surface area contributed by atoms with Gasteiger partial charge in [-0.1, -0.05) is 18.2 Å². The number of carbonyl (C=O) groups excluding carboxylic acids is 1. The normalized spacial score (nSPS) is 12.0. The van der Waals surface area contributed by atoms with Crippen LogP contribution in [0, 0.1) is 20.2 Å². The molecule has 0 aliphatic carbocycles. The van der Waals surface area contributed by atoms with Crippen molar-refractivity contribution in [2.45, 2.75) is 9.79 Å². The van der Waals surface area contributed by atoms with Crippen molar-refractivity contribution in [3.05, 3.63) is 74.8 Å². The fraction of sp³-hybridized carbons (Fsp3) is 0.0909. The average molecular weight is 654 g/mol. The molecule has 0 fully saturated rings. The quantitative estimate of drug-likeness (QED) is 0.0610. The number of nitro groups is 2. The summed E-state index contributed by atoms with van der Waals surface area (Å²) in [6.45, 7) is 0. The molecule has 44 heavy (non-hydrogen) atoms. The molecular weight excluding hydrogens is 634 g/mol. The lowest BCUT2D eigenvalue weighted by Gasteiger charge is -2.11. The second kappa shape index (κ2) is 13.2. The van der Waals surface area contributed by atoms with Gasteiger partial charge in [-0.2, -0.15) is 16.8 Å². The molecule has 232 valence electrons. The van der Waals surface area contributed by atoms with E-state index in [2.05, 4.69) is 26.1 Å². The highest BCUT2D eigenvalue weighted by Crippen LogP contribution is 2.38. The number of amidine groups is 1. The van der Waals surface area contributed by atoms with Gasteiger partial charge in [-0.15, -0.1) is 15.3 Å². The number of ether oxygens (including phenoxy) is 2. The molecule has 4 N–H and O–H groups in total. The number of anilines is 2. The topological polar surface area (TPSA) is 292 Å². The van der Waals surface area contributed by atoms with Crippen LogP contribution in [0.25, 0.3) is 0 Å². The molecule has 0 aromatic heterocycles. The minimum atomic E-state index is -5.15. The fourth-order valence-corrected chi connectivity index (χ4v) is 4.65. The highest BCUT2D eigenvalue weighted by molar-refractivity contribution is 7.86. The molecule has 3 rings (SSSR count). The van der Waals surface area contributed by atoms with Crippen molar-refractivity contribution >= 4 is 60.4 Å². The van der Waals surface area contributed by atoms with Gasteiger partial charge in [-0.3, -0.25) is 39.6 Å². The van der Waals surface area contributed by atoms with E-state index in [0.717, 1.165) is 14.2 Å². The van der Waals surface area contributed by atoms with E-state index in [-0.39, 0.29) is 11.4 Å². The Hall–Kier alpha value is -5.58. The van der Waals surface area contributed by atoms with Gasteiger partial charge < -0.3 is 14.8 Å². The Morgan fingerprint density at radius 2 is 1.36 bits per heavy atom. The third-order valence-corrected chi connectivity index (χ3v) is 7.03. The van der Waals surface area contributed by atoms with E-state index in [1.807, 2.05) is 0 Å². The first-order valence-corrected chi connectivity index (χ1v) is 14.2. The Morgan fingerprint density at radius 1 is 0.841 bits per heavy atom. The Morgan fingerprint density at radius 3 is 1.86 bits per heavy atom. The number of rotatable bonds is 10. The maximum Gasteiger partial charge on any atom is 0.301 e. The van der Waals surface area contributed by atoms with Crippen LogP contribution in [0.4, 0.5) is 28.4 Å². The number of carbonyl (C=O) groups is 1. The summed E-state index contributed by atoms with van der Waals surface area (Å²) in [7, 11) is -8.17. The summed E-state index contributed by atoms with van der Waals surface area (Å²) >= 11 is 0. The maximum absolute atomic E-state index is 13.1. The van der Waals surface area contributed by atoms with Gasteiger partial charge in [0, 0.05) is 5.69 Å². The summed E-state index contributed by atoms with van der Waals surface area (Å²) in [6.07, 6.45) is 0. The van der Waals surface area contributed by atoms with E-state index in [0.29, 0.717) is 24.3 Å². The number of amides is 1. The fourth-order valence-electron chi connectivity index (χ4n) is 3.33. The number of nitro benzene ring substituents is 2. The first-order valence-electron chi connectivity index (χ1n) is 11.4. The summed E-state index contributed by atoms with van der Waals surface area (Å²) in [5.41, 5.74) is -0.559. The Balaban J connectivity index is 2.18. The van der Waals surface area contributed by atoms with Gasteiger partial charge in [0.15, 0.2) is 21.3 Å². The molecule has 0 atom stereocenters. The molecule has 1 amide bonds. The minimum Gasteiger partial charge on any atom is -0.494 e. The third-order valence-electron chi connectivity index (χ3n) is 5.26. The summed E-state index contributed by atoms with van der Waals surface area (Å²) in [6, 6.07) is 10.2. The van der Waals surface area contributed by atoms with Gasteiger partial charge in [0.2, 0.25) is 0 Å². The number of nitrogens with one attached hydrogen (secondary N) is 2. The van der Waals surface area contributed by atoms with Crippen molar-refractivity contribution in [2.75, 3.05) is 25.0 Å². The van der Waals surface area contributed by atoms with Crippen LogP contribution < -0.4 is 20.2 Å². The Labute approximate surface area is 246 Å². The van der Waals surface area contributed by atoms with Crippen LogP contribution in [0.5, 0.6) is 11.5 Å². The molecule has 20 nitrogen and oxygen atoms in total. The molecule has 0 spiro atoms. The smallest absolute Gasteiger partial charge is 0.301 e. The van der Waals surface area contributed by atoms with Crippen molar-refractivity contribution in [2.24, 2.45) is 15.3 Å². The standard InChI is InChI=1S/C22H19N7O13S2/c1-41-17-10-15(28(31)32)19(43(35,36)37)8-13(17)24-26-21(22(30)23-12-6-4-3-5-7-12)27-25-14-9-20(44(38,39)40)16(29(33)34)11-18(14)42-2/h3-11,24H,1-2H3,(H,23,30)(H,35,36,37)(H,38,39,40)/b26-21+,27-25?. The van der Waals surface area contributed by atoms with Crippen molar-refractivity contribution in [1.29, 1.82) is 0 Å². The number of hydrogen-bond acceptors (Lipinski definition) is 14. The van der Waals surface area contributed by atoms with Crippen LogP contribution in [-0.2, 0) is 25.0 Å². The van der Waals surface area contributed by atoms with Crippen LogP contribution in [0.3, 0.4) is 0 Å². The Kier molecular flexibility index (Phi) is 9.85. The lowest BCUT2D eigenvalue weighted by Crippen LogP contribution is -2.22. The summed E-state index contributed by atoms with van der Waals surface area (Å²) in [5.74, 6) is -2.68. The SMILES string of the molecule is COc1cc([N+](=O)[O-])c(S(=O)(=O)O)cc1N=N/C(=N/Nc1cc(S(=O)(=O)O)c([N+](=O)[O-])cc1OC)C(=O)Nc1ccccc1. The zero-order valence-electron chi connectivity index (χ0n) is 22.1. The number of azo groups is 1. The van der Waals surface area contributed by atoms with Crippen molar-refractivity contribution in [3.63, 3.8) is 0 Å². The second-order valence-corrected chi connectivity index (χ2v) is 10.8. The molecule has 0 saturated carbocycles. The van der Waals surface area contributed by atoms with Crippen molar-refractivity contribution in [3.8, 4) is 11.5 Å². The predicted octanol–water partition coefficient (Wildman–Crippen LogP) is 3.16. The zero-order valence-corrected chi connectivity index (χ0v) is 23.8. The molecule has 0 aliphatic heterocycles. The van der Waals surface area contributed by atoms with Crippen LogP contribution in [0.1, 0.15) is 0 Å². The molecule has 0 bridgehead atoms. The highest BCUT2D eigenvalue weighted by atomic mass is 32.2. The number of benzene rings is 3. The van der Waals surface area contributed by atoms with E-state index in [4.69, 9.17) is 9.47 Å². The molecule has 0 saturated heterocycles. The molecule has 0 aliphatic rings. The van der Waals surface area contributed by atoms with Gasteiger partial charge in [-0.25, -0.2) is 0 Å². The van der Waals surface area contributed by atoms with Gasteiger partial charge in [0.25, 0.3) is 23.1 Å². The summed E-state index contributed by atoms with van der Waals surface area (Å²) in [5, 5.41) is 36.1. The van der Waals surface area contributed by atoms with E-state index in [1.54, 1.807) is 18.2 Å². The molecular formula is C22H19N7O13S2. The van der Waals surface area contributed by atoms with Gasteiger partial charge in [-0.05, 0) is 24.3 Å². The molecule has 0 unspecified atom stereocenters. The lowest BCUT2D eigenvalue weighted by atomic mass is 10.2. The largest absolute Gasteiger partial charge is 0.494 e. The first-order chi connectivity index (χ1) is 20.6. The maximum atomic E-state index is 13.1. The molecule has 22 heteroatoms. The number of methoxy groups -OCH3 is 2. The van der Waals surface area contributed by atoms with Crippen LogP contribution in [-0.4, -0.2) is 61.8 Å². The van der Waals surface area contributed by atoms with Crippen molar-refractivity contribution < 1.29 is 50.1 Å². The minimum absolute atomic E-state index is 0.239. The lowest BCUT2D eigenvalue weighted by molar-refractivity contribution is -0.388. The third kappa shape index (κ3) is 7.82. The predicted molar refractivity (Wildman–Crippen MR) is 150 cm³/mol. The molecule has 0 radical (unpaired) electrons. The Bertz CT molecular complexity index is 1910. The van der Waals surface area contributed by atoms with Crippen LogP contribution in [0.2, 0.25) is 0 Å². The van der Waals surface area contributed by atoms with Gasteiger partial charge in [0.05, 0.1) is 36.2 Å². The van der Waals surface area contributed by atoms with Crippen LogP contribution in [0.15, 0.2) is 79.7 Å². The van der Waals surface area contributed by atoms with Gasteiger partial charge >= 0.3 is 20.2 Å². The van der Waals surface area contributed by atoms with E-state index < -0.39 is 80.1 Å². The highest BCUT2D eigenvalue weighted by Gasteiger charge is 2.29. The summed E-state index contributed by atoms with van der Waals surface area (Å²) in [4.78, 5) is 31.2. The van der Waals surface area contributed by atoms with Crippen molar-refractivity contribution in [1.82, 2.24) is 0 Å². The molecule has 3 aromatic carbocycles. The van der Waals surface area contributed by atoms with E-state index in [9.17, 15) is 51.0 Å².